The molecule has 1 aliphatic carbocycles. The normalized spacial score (nSPS) is 18.7. The SMILES string of the molecule is Cc1ccc(CC(=O)NC2CCC2=O)c(F)n1. The number of hydrogen-bond donors (Lipinski definition) is 1. The third-order valence-electron chi connectivity index (χ3n) is 2.82. The highest BCUT2D eigenvalue weighted by Gasteiger charge is 2.29. The third kappa shape index (κ3) is 2.67. The van der Waals surface area contributed by atoms with E-state index in [1.807, 2.05) is 0 Å². The molecule has 1 atom stereocenters. The highest BCUT2D eigenvalue weighted by molar-refractivity contribution is 5.93. The van der Waals surface area contributed by atoms with Crippen LogP contribution in [0.25, 0.3) is 0 Å². The van der Waals surface area contributed by atoms with Gasteiger partial charge in [-0.2, -0.15) is 4.39 Å². The maximum Gasteiger partial charge on any atom is 0.225 e. The standard InChI is InChI=1S/C12H13FN2O2/c1-7-2-3-8(12(13)14-7)6-11(17)15-9-4-5-10(9)16/h2-3,9H,4-6H2,1H3,(H,15,17). The van der Waals surface area contributed by atoms with Gasteiger partial charge in [0.2, 0.25) is 11.9 Å². The maximum atomic E-state index is 13.4. The molecule has 0 aliphatic heterocycles. The predicted molar refractivity (Wildman–Crippen MR) is 58.8 cm³/mol. The molecule has 90 valence electrons. The summed E-state index contributed by atoms with van der Waals surface area (Å²) < 4.78 is 13.4. The second-order valence-corrected chi connectivity index (χ2v) is 4.20. The van der Waals surface area contributed by atoms with Crippen LogP contribution in [0.5, 0.6) is 0 Å². The molecule has 0 radical (unpaired) electrons. The van der Waals surface area contributed by atoms with Crippen LogP contribution in [0.15, 0.2) is 12.1 Å². The first kappa shape index (κ1) is 11.7. The molecule has 1 amide bonds. The zero-order valence-electron chi connectivity index (χ0n) is 9.50. The Bertz CT molecular complexity index is 474. The number of hydrogen-bond acceptors (Lipinski definition) is 3. The number of carbonyl (C=O) groups excluding carboxylic acids is 2. The van der Waals surface area contributed by atoms with Crippen molar-refractivity contribution in [1.29, 1.82) is 0 Å². The summed E-state index contributed by atoms with van der Waals surface area (Å²) in [5.74, 6) is -0.923. The molecule has 1 fully saturated rings. The second-order valence-electron chi connectivity index (χ2n) is 4.20. The van der Waals surface area contributed by atoms with Gasteiger partial charge in [0.05, 0.1) is 12.5 Å². The minimum absolute atomic E-state index is 0.0425. The van der Waals surface area contributed by atoms with Gasteiger partial charge in [-0.15, -0.1) is 0 Å². The van der Waals surface area contributed by atoms with Gasteiger partial charge in [0.1, 0.15) is 0 Å². The average molecular weight is 236 g/mol. The summed E-state index contributed by atoms with van der Waals surface area (Å²) in [5, 5.41) is 2.57. The van der Waals surface area contributed by atoms with E-state index in [1.54, 1.807) is 19.1 Å². The quantitative estimate of drug-likeness (QED) is 0.794. The van der Waals surface area contributed by atoms with E-state index in [2.05, 4.69) is 10.3 Å². The smallest absolute Gasteiger partial charge is 0.225 e. The van der Waals surface area contributed by atoms with Gasteiger partial charge >= 0.3 is 0 Å². The number of aromatic nitrogens is 1. The number of nitrogens with one attached hydrogen (secondary N) is 1. The van der Waals surface area contributed by atoms with E-state index in [0.29, 0.717) is 18.5 Å². The van der Waals surface area contributed by atoms with Crippen LogP contribution in [0.4, 0.5) is 4.39 Å². The number of ketones is 1. The first-order valence-corrected chi connectivity index (χ1v) is 5.50. The fraction of sp³-hybridized carbons (Fsp3) is 0.417. The number of halogens is 1. The summed E-state index contributed by atoms with van der Waals surface area (Å²) in [6.07, 6.45) is 1.12. The first-order chi connectivity index (χ1) is 8.06. The Morgan fingerprint density at radius 3 is 2.88 bits per heavy atom. The molecule has 0 aromatic carbocycles. The molecule has 1 aromatic heterocycles. The van der Waals surface area contributed by atoms with Gasteiger partial charge in [-0.3, -0.25) is 9.59 Å². The van der Waals surface area contributed by atoms with Crippen molar-refractivity contribution in [3.63, 3.8) is 0 Å². The Morgan fingerprint density at radius 1 is 1.59 bits per heavy atom. The highest BCUT2D eigenvalue weighted by Crippen LogP contribution is 2.14. The van der Waals surface area contributed by atoms with Crippen molar-refractivity contribution in [2.24, 2.45) is 0 Å². The van der Waals surface area contributed by atoms with Crippen LogP contribution in [0.3, 0.4) is 0 Å². The molecule has 5 heteroatoms. The average Bonchev–Trinajstić information content (AvgIpc) is 2.28. The van der Waals surface area contributed by atoms with Crippen molar-refractivity contribution < 1.29 is 14.0 Å². The minimum Gasteiger partial charge on any atom is -0.346 e. The molecule has 0 bridgehead atoms. The van der Waals surface area contributed by atoms with E-state index >= 15 is 0 Å². The van der Waals surface area contributed by atoms with Crippen molar-refractivity contribution in [2.45, 2.75) is 32.2 Å². The van der Waals surface area contributed by atoms with Crippen LogP contribution >= 0.6 is 0 Å². The summed E-state index contributed by atoms with van der Waals surface area (Å²) >= 11 is 0. The van der Waals surface area contributed by atoms with Gasteiger partial charge in [0.25, 0.3) is 0 Å². The van der Waals surface area contributed by atoms with E-state index in [4.69, 9.17) is 0 Å². The van der Waals surface area contributed by atoms with E-state index in [-0.39, 0.29) is 29.7 Å². The fourth-order valence-electron chi connectivity index (χ4n) is 1.66. The third-order valence-corrected chi connectivity index (χ3v) is 2.82. The summed E-state index contributed by atoms with van der Waals surface area (Å²) in [7, 11) is 0. The second kappa shape index (κ2) is 4.61. The van der Waals surface area contributed by atoms with Gasteiger partial charge < -0.3 is 5.32 Å². The molecule has 1 saturated carbocycles. The lowest BCUT2D eigenvalue weighted by atomic mass is 9.91. The Hall–Kier alpha value is -1.78. The zero-order valence-corrected chi connectivity index (χ0v) is 9.50. The summed E-state index contributed by atoms with van der Waals surface area (Å²) in [6.45, 7) is 1.68. The number of pyridine rings is 1. The van der Waals surface area contributed by atoms with Gasteiger partial charge in [-0.05, 0) is 19.4 Å². The largest absolute Gasteiger partial charge is 0.346 e. The molecule has 1 aliphatic rings. The van der Waals surface area contributed by atoms with Crippen molar-refractivity contribution in [1.82, 2.24) is 10.3 Å². The summed E-state index contributed by atoms with van der Waals surface area (Å²) in [4.78, 5) is 26.2. The Morgan fingerprint density at radius 2 is 2.35 bits per heavy atom. The molecule has 1 N–H and O–H groups in total. The topological polar surface area (TPSA) is 59.1 Å². The molecule has 17 heavy (non-hydrogen) atoms. The molecular formula is C12H13FN2O2. The molecule has 1 aromatic rings. The lowest BCUT2D eigenvalue weighted by molar-refractivity contribution is -0.131. The van der Waals surface area contributed by atoms with Gasteiger partial charge in [-0.25, -0.2) is 4.98 Å². The molecule has 1 unspecified atom stereocenters. The zero-order chi connectivity index (χ0) is 12.4. The van der Waals surface area contributed by atoms with Gasteiger partial charge in [0, 0.05) is 17.7 Å². The van der Waals surface area contributed by atoms with Crippen LogP contribution < -0.4 is 5.32 Å². The van der Waals surface area contributed by atoms with Gasteiger partial charge in [0.15, 0.2) is 5.78 Å². The van der Waals surface area contributed by atoms with E-state index < -0.39 is 5.95 Å². The Labute approximate surface area is 98.2 Å². The van der Waals surface area contributed by atoms with E-state index in [9.17, 15) is 14.0 Å². The lowest BCUT2D eigenvalue weighted by Crippen LogP contribution is -2.47. The van der Waals surface area contributed by atoms with Crippen molar-refractivity contribution in [2.75, 3.05) is 0 Å². The van der Waals surface area contributed by atoms with E-state index in [0.717, 1.165) is 0 Å². The number of aryl methyl sites for hydroxylation is 1. The number of amides is 1. The molecule has 1 heterocycles. The first-order valence-electron chi connectivity index (χ1n) is 5.50. The number of carbonyl (C=O) groups is 2. The summed E-state index contributed by atoms with van der Waals surface area (Å²) in [6, 6.07) is 2.82. The molecule has 2 rings (SSSR count). The number of rotatable bonds is 3. The highest BCUT2D eigenvalue weighted by atomic mass is 19.1. The van der Waals surface area contributed by atoms with Crippen LogP contribution in [-0.4, -0.2) is 22.7 Å². The van der Waals surface area contributed by atoms with Crippen molar-refractivity contribution >= 4 is 11.7 Å². The number of Topliss-reactive ketones (excluding diaryl/α,β-unsaturated/α-hetero) is 1. The maximum absolute atomic E-state index is 13.4. The summed E-state index contributed by atoms with van der Waals surface area (Å²) in [5.41, 5.74) is 0.820. The Balaban J connectivity index is 1.95. The van der Waals surface area contributed by atoms with E-state index in [1.165, 1.54) is 0 Å². The molecule has 4 nitrogen and oxygen atoms in total. The van der Waals surface area contributed by atoms with Crippen LogP contribution in [0.1, 0.15) is 24.1 Å². The minimum atomic E-state index is -0.625. The van der Waals surface area contributed by atoms with Gasteiger partial charge in [-0.1, -0.05) is 6.07 Å². The lowest BCUT2D eigenvalue weighted by Gasteiger charge is -2.24. The van der Waals surface area contributed by atoms with Crippen LogP contribution in [0, 0.1) is 12.9 Å². The number of nitrogens with zero attached hydrogens (tertiary/aromatic N) is 1. The molecular weight excluding hydrogens is 223 g/mol. The molecule has 0 saturated heterocycles. The fourth-order valence-corrected chi connectivity index (χ4v) is 1.66. The van der Waals surface area contributed by atoms with Crippen molar-refractivity contribution in [3.8, 4) is 0 Å². The van der Waals surface area contributed by atoms with Crippen LogP contribution in [0.2, 0.25) is 0 Å². The monoisotopic (exact) mass is 236 g/mol. The molecule has 0 spiro atoms. The van der Waals surface area contributed by atoms with Crippen molar-refractivity contribution in [3.05, 3.63) is 29.3 Å². The predicted octanol–water partition coefficient (Wildman–Crippen LogP) is 0.919. The Kier molecular flexibility index (Phi) is 3.17. The van der Waals surface area contributed by atoms with Crippen LogP contribution in [-0.2, 0) is 16.0 Å².